The van der Waals surface area contributed by atoms with Gasteiger partial charge in [0.1, 0.15) is 6.61 Å². The molecular formula is C19H39N2O2P. The molecule has 0 rings (SSSR count). The lowest BCUT2D eigenvalue weighted by Crippen LogP contribution is -2.34. The lowest BCUT2D eigenvalue weighted by Gasteiger charge is -2.35. The minimum Gasteiger partial charge on any atom is -0.322 e. The van der Waals surface area contributed by atoms with E-state index in [0.29, 0.717) is 25.2 Å². The fourth-order valence-electron chi connectivity index (χ4n) is 2.94. The quantitative estimate of drug-likeness (QED) is 0.196. The van der Waals surface area contributed by atoms with Crippen molar-refractivity contribution in [3.05, 3.63) is 11.4 Å². The van der Waals surface area contributed by atoms with Crippen LogP contribution >= 0.6 is 8.53 Å². The number of rotatable bonds is 15. The second-order valence-electron chi connectivity index (χ2n) is 6.94. The summed E-state index contributed by atoms with van der Waals surface area (Å²) in [6.45, 7) is 21.8. The molecular weight excluding hydrogens is 319 g/mol. The molecule has 0 heterocycles. The third-order valence-corrected chi connectivity index (χ3v) is 6.15. The SMILES string of the molecule is [C-]#[N+]CCOP(OCCC(CCC)CCCC)N(C(C)C)C(C)C. The zero-order chi connectivity index (χ0) is 18.4. The van der Waals surface area contributed by atoms with Gasteiger partial charge in [0.25, 0.3) is 8.53 Å². The highest BCUT2D eigenvalue weighted by molar-refractivity contribution is 7.44. The van der Waals surface area contributed by atoms with E-state index in [9.17, 15) is 0 Å². The minimum atomic E-state index is -1.08. The molecule has 0 aliphatic carbocycles. The van der Waals surface area contributed by atoms with Crippen LogP contribution in [0.5, 0.6) is 0 Å². The molecule has 0 aliphatic rings. The van der Waals surface area contributed by atoms with Gasteiger partial charge in [0.2, 0.25) is 6.54 Å². The van der Waals surface area contributed by atoms with Crippen LogP contribution in [0.4, 0.5) is 0 Å². The normalized spacial score (nSPS) is 14.3. The second kappa shape index (κ2) is 15.1. The molecule has 5 heteroatoms. The number of hydrogen-bond acceptors (Lipinski definition) is 3. The van der Waals surface area contributed by atoms with Crippen molar-refractivity contribution in [3.8, 4) is 0 Å². The zero-order valence-corrected chi connectivity index (χ0v) is 17.6. The van der Waals surface area contributed by atoms with E-state index in [1.54, 1.807) is 0 Å². The van der Waals surface area contributed by atoms with E-state index in [1.165, 1.54) is 32.1 Å². The summed E-state index contributed by atoms with van der Waals surface area (Å²) < 4.78 is 14.4. The summed E-state index contributed by atoms with van der Waals surface area (Å²) in [5.41, 5.74) is 0. The molecule has 0 bridgehead atoms. The van der Waals surface area contributed by atoms with E-state index in [2.05, 4.69) is 51.1 Å². The van der Waals surface area contributed by atoms with Gasteiger partial charge in [0, 0.05) is 12.1 Å². The summed E-state index contributed by atoms with van der Waals surface area (Å²) in [7, 11) is -1.08. The molecule has 0 N–H and O–H groups in total. The third kappa shape index (κ3) is 10.6. The molecule has 0 aromatic rings. The maximum absolute atomic E-state index is 6.93. The Bertz CT molecular complexity index is 324. The molecule has 0 saturated carbocycles. The average Bonchev–Trinajstić information content (AvgIpc) is 2.51. The molecule has 0 aromatic carbocycles. The van der Waals surface area contributed by atoms with Crippen LogP contribution in [0.25, 0.3) is 4.85 Å². The summed E-state index contributed by atoms with van der Waals surface area (Å²) in [6.07, 6.45) is 7.53. The molecule has 4 nitrogen and oxygen atoms in total. The van der Waals surface area contributed by atoms with Gasteiger partial charge in [0.15, 0.2) is 0 Å². The van der Waals surface area contributed by atoms with Crippen molar-refractivity contribution in [1.82, 2.24) is 4.67 Å². The standard InChI is InChI=1S/C19H39N2O2P/c1-8-10-12-19(11-9-2)13-15-22-24(23-16-14-20-7)21(17(3)4)18(5)6/h17-19H,8-16H2,1-6H3. The first-order valence-electron chi connectivity index (χ1n) is 9.65. The molecule has 0 saturated heterocycles. The van der Waals surface area contributed by atoms with Crippen molar-refractivity contribution in [3.63, 3.8) is 0 Å². The summed E-state index contributed by atoms with van der Waals surface area (Å²) in [4.78, 5) is 3.38. The van der Waals surface area contributed by atoms with E-state index in [-0.39, 0.29) is 0 Å². The fourth-order valence-corrected chi connectivity index (χ4v) is 4.53. The van der Waals surface area contributed by atoms with Crippen LogP contribution in [0.15, 0.2) is 0 Å². The highest BCUT2D eigenvalue weighted by Crippen LogP contribution is 2.46. The Hall–Kier alpha value is -0.200. The zero-order valence-electron chi connectivity index (χ0n) is 16.8. The van der Waals surface area contributed by atoms with E-state index in [4.69, 9.17) is 15.6 Å². The molecule has 2 atom stereocenters. The Kier molecular flexibility index (Phi) is 15.0. The van der Waals surface area contributed by atoms with Crippen LogP contribution in [-0.2, 0) is 9.05 Å². The molecule has 0 radical (unpaired) electrons. The third-order valence-electron chi connectivity index (χ3n) is 4.04. The van der Waals surface area contributed by atoms with Crippen molar-refractivity contribution < 1.29 is 9.05 Å². The fraction of sp³-hybridized carbons (Fsp3) is 0.947. The van der Waals surface area contributed by atoms with Crippen LogP contribution in [0, 0.1) is 12.5 Å². The molecule has 0 amide bonds. The summed E-state index contributed by atoms with van der Waals surface area (Å²) in [5.74, 6) is 0.765. The van der Waals surface area contributed by atoms with E-state index in [1.807, 2.05) is 0 Å². The van der Waals surface area contributed by atoms with E-state index < -0.39 is 8.53 Å². The average molecular weight is 359 g/mol. The summed E-state index contributed by atoms with van der Waals surface area (Å²) in [6, 6.07) is 0.742. The predicted octanol–water partition coefficient (Wildman–Crippen LogP) is 6.28. The first-order chi connectivity index (χ1) is 11.5. The van der Waals surface area contributed by atoms with Crippen molar-refractivity contribution in [1.29, 1.82) is 0 Å². The summed E-state index contributed by atoms with van der Waals surface area (Å²) >= 11 is 0. The molecule has 24 heavy (non-hydrogen) atoms. The molecule has 0 aliphatic heterocycles. The van der Waals surface area contributed by atoms with Gasteiger partial charge in [-0.3, -0.25) is 0 Å². The Balaban J connectivity index is 4.59. The van der Waals surface area contributed by atoms with Crippen molar-refractivity contribution in [2.24, 2.45) is 5.92 Å². The smallest absolute Gasteiger partial charge is 0.259 e. The number of nitrogens with zero attached hydrogens (tertiary/aromatic N) is 2. The predicted molar refractivity (Wildman–Crippen MR) is 105 cm³/mol. The van der Waals surface area contributed by atoms with Crippen molar-refractivity contribution >= 4 is 8.53 Å². The molecule has 0 spiro atoms. The maximum Gasteiger partial charge on any atom is 0.259 e. The highest BCUT2D eigenvalue weighted by Gasteiger charge is 2.27. The Morgan fingerprint density at radius 1 is 0.917 bits per heavy atom. The van der Waals surface area contributed by atoms with E-state index in [0.717, 1.165) is 18.9 Å². The van der Waals surface area contributed by atoms with Crippen molar-refractivity contribution in [2.75, 3.05) is 19.8 Å². The van der Waals surface area contributed by atoms with Crippen LogP contribution < -0.4 is 0 Å². The number of unbranched alkanes of at least 4 members (excludes halogenated alkanes) is 1. The van der Waals surface area contributed by atoms with Gasteiger partial charge in [-0.2, -0.15) is 0 Å². The summed E-state index contributed by atoms with van der Waals surface area (Å²) in [5, 5.41) is 0. The molecule has 142 valence electrons. The molecule has 0 aromatic heterocycles. The first-order valence-corrected chi connectivity index (χ1v) is 10.8. The maximum atomic E-state index is 6.93. The van der Waals surface area contributed by atoms with E-state index >= 15 is 0 Å². The minimum absolute atomic E-state index is 0.371. The molecule has 0 fully saturated rings. The van der Waals surface area contributed by atoms with Gasteiger partial charge in [-0.15, -0.1) is 0 Å². The van der Waals surface area contributed by atoms with Gasteiger partial charge < -0.3 is 13.9 Å². The first kappa shape index (κ1) is 23.8. The highest BCUT2D eigenvalue weighted by atomic mass is 31.2. The van der Waals surface area contributed by atoms with Crippen LogP contribution in [0.1, 0.15) is 80.1 Å². The van der Waals surface area contributed by atoms with Crippen LogP contribution in [0.2, 0.25) is 0 Å². The van der Waals surface area contributed by atoms with Gasteiger partial charge >= 0.3 is 0 Å². The van der Waals surface area contributed by atoms with Crippen LogP contribution in [-0.4, -0.2) is 36.5 Å². The Morgan fingerprint density at radius 3 is 2.04 bits per heavy atom. The van der Waals surface area contributed by atoms with Crippen LogP contribution in [0.3, 0.4) is 0 Å². The number of hydrogen-bond donors (Lipinski definition) is 0. The van der Waals surface area contributed by atoms with Gasteiger partial charge in [-0.05, 0) is 40.0 Å². The Labute approximate surface area is 152 Å². The lowest BCUT2D eigenvalue weighted by atomic mass is 9.94. The Morgan fingerprint density at radius 2 is 1.54 bits per heavy atom. The lowest BCUT2D eigenvalue weighted by molar-refractivity contribution is 0.168. The van der Waals surface area contributed by atoms with Gasteiger partial charge in [-0.1, -0.05) is 46.0 Å². The van der Waals surface area contributed by atoms with Crippen molar-refractivity contribution in [2.45, 2.75) is 92.2 Å². The monoisotopic (exact) mass is 358 g/mol. The topological polar surface area (TPSA) is 26.1 Å². The van der Waals surface area contributed by atoms with Gasteiger partial charge in [0.05, 0.1) is 6.61 Å². The molecule has 2 unspecified atom stereocenters. The van der Waals surface area contributed by atoms with Gasteiger partial charge in [-0.25, -0.2) is 11.2 Å². The second-order valence-corrected chi connectivity index (χ2v) is 8.39. The largest absolute Gasteiger partial charge is 0.322 e.